The molecule has 92 valence electrons. The zero-order valence-corrected chi connectivity index (χ0v) is 9.78. The van der Waals surface area contributed by atoms with Gasteiger partial charge in [0.1, 0.15) is 0 Å². The molecule has 0 aromatic heterocycles. The van der Waals surface area contributed by atoms with E-state index in [9.17, 15) is 4.79 Å². The first-order valence-electron chi connectivity index (χ1n) is 6.02. The van der Waals surface area contributed by atoms with Gasteiger partial charge in [-0.25, -0.2) is 4.79 Å². The van der Waals surface area contributed by atoms with Crippen molar-refractivity contribution >= 4 is 6.03 Å². The molecule has 0 aliphatic carbocycles. The highest BCUT2D eigenvalue weighted by atomic mass is 16.5. The van der Waals surface area contributed by atoms with Gasteiger partial charge in [-0.2, -0.15) is 0 Å². The molecular weight excluding hydrogens is 208 g/mol. The van der Waals surface area contributed by atoms with Crippen LogP contribution in [0.1, 0.15) is 19.8 Å². The second-order valence-electron chi connectivity index (χ2n) is 4.39. The molecule has 5 nitrogen and oxygen atoms in total. The van der Waals surface area contributed by atoms with E-state index in [0.29, 0.717) is 26.3 Å². The Bertz CT molecular complexity index is 235. The van der Waals surface area contributed by atoms with Crippen LogP contribution in [0.15, 0.2) is 0 Å². The van der Waals surface area contributed by atoms with Crippen LogP contribution in [0.2, 0.25) is 0 Å². The lowest BCUT2D eigenvalue weighted by molar-refractivity contribution is 0.0477. The fraction of sp³-hybridized carbons (Fsp3) is 0.909. The molecule has 2 rings (SSSR count). The third kappa shape index (κ3) is 2.86. The first kappa shape index (κ1) is 11.7. The number of nitrogens with zero attached hydrogens (tertiary/aromatic N) is 1. The normalized spacial score (nSPS) is 27.8. The van der Waals surface area contributed by atoms with Gasteiger partial charge in [0.2, 0.25) is 0 Å². The average Bonchev–Trinajstić information content (AvgIpc) is 2.83. The van der Waals surface area contributed by atoms with Crippen molar-refractivity contribution in [2.45, 2.75) is 31.9 Å². The molecular formula is C11H20N2O3. The van der Waals surface area contributed by atoms with Crippen molar-refractivity contribution in [1.82, 2.24) is 10.2 Å². The van der Waals surface area contributed by atoms with Crippen LogP contribution in [0.5, 0.6) is 0 Å². The molecule has 0 aromatic carbocycles. The minimum atomic E-state index is 0.00583. The molecule has 2 aliphatic heterocycles. The zero-order chi connectivity index (χ0) is 11.4. The molecule has 0 bridgehead atoms. The van der Waals surface area contributed by atoms with E-state index >= 15 is 0 Å². The van der Waals surface area contributed by atoms with Gasteiger partial charge in [0.25, 0.3) is 0 Å². The lowest BCUT2D eigenvalue weighted by atomic mass is 10.1. The Kier molecular flexibility index (Phi) is 4.01. The SMILES string of the molecule is CC(NC(=O)N1CCOCC1)C1CCCO1. The predicted molar refractivity (Wildman–Crippen MR) is 59.4 cm³/mol. The van der Waals surface area contributed by atoms with Gasteiger partial charge in [0.05, 0.1) is 25.4 Å². The smallest absolute Gasteiger partial charge is 0.317 e. The highest BCUT2D eigenvalue weighted by Gasteiger charge is 2.25. The van der Waals surface area contributed by atoms with E-state index in [4.69, 9.17) is 9.47 Å². The maximum Gasteiger partial charge on any atom is 0.317 e. The number of carbonyl (C=O) groups excluding carboxylic acids is 1. The predicted octanol–water partition coefficient (Wildman–Crippen LogP) is 0.596. The molecule has 0 saturated carbocycles. The van der Waals surface area contributed by atoms with Crippen LogP contribution in [-0.4, -0.2) is 56.0 Å². The van der Waals surface area contributed by atoms with Gasteiger partial charge < -0.3 is 19.7 Å². The number of rotatable bonds is 2. The maximum atomic E-state index is 11.9. The molecule has 2 unspecified atom stereocenters. The summed E-state index contributed by atoms with van der Waals surface area (Å²) >= 11 is 0. The summed E-state index contributed by atoms with van der Waals surface area (Å²) in [6.45, 7) is 5.48. The van der Waals surface area contributed by atoms with Crippen molar-refractivity contribution < 1.29 is 14.3 Å². The number of ether oxygens (including phenoxy) is 2. The van der Waals surface area contributed by atoms with Crippen molar-refractivity contribution in [1.29, 1.82) is 0 Å². The molecule has 2 aliphatic rings. The van der Waals surface area contributed by atoms with Crippen LogP contribution < -0.4 is 5.32 Å². The largest absolute Gasteiger partial charge is 0.378 e. The topological polar surface area (TPSA) is 50.8 Å². The van der Waals surface area contributed by atoms with Gasteiger partial charge >= 0.3 is 6.03 Å². The van der Waals surface area contributed by atoms with Crippen molar-refractivity contribution in [3.63, 3.8) is 0 Å². The van der Waals surface area contributed by atoms with E-state index in [0.717, 1.165) is 19.4 Å². The van der Waals surface area contributed by atoms with Crippen molar-refractivity contribution in [3.8, 4) is 0 Å². The molecule has 0 spiro atoms. The highest BCUT2D eigenvalue weighted by molar-refractivity contribution is 5.74. The van der Waals surface area contributed by atoms with E-state index in [1.54, 1.807) is 4.90 Å². The van der Waals surface area contributed by atoms with Gasteiger partial charge in [-0.3, -0.25) is 0 Å². The van der Waals surface area contributed by atoms with E-state index < -0.39 is 0 Å². The average molecular weight is 228 g/mol. The van der Waals surface area contributed by atoms with E-state index in [1.165, 1.54) is 0 Å². The third-order valence-corrected chi connectivity index (χ3v) is 3.17. The van der Waals surface area contributed by atoms with Gasteiger partial charge in [-0.1, -0.05) is 0 Å². The van der Waals surface area contributed by atoms with Crippen molar-refractivity contribution in [3.05, 3.63) is 0 Å². The Hall–Kier alpha value is -0.810. The second kappa shape index (κ2) is 5.50. The second-order valence-corrected chi connectivity index (χ2v) is 4.39. The van der Waals surface area contributed by atoms with Crippen molar-refractivity contribution in [2.24, 2.45) is 0 Å². The summed E-state index contributed by atoms with van der Waals surface area (Å²) in [5.41, 5.74) is 0. The highest BCUT2D eigenvalue weighted by Crippen LogP contribution is 2.15. The minimum absolute atomic E-state index is 0.00583. The molecule has 1 N–H and O–H groups in total. The Balaban J connectivity index is 1.76. The maximum absolute atomic E-state index is 11.9. The standard InChI is InChI=1S/C11H20N2O3/c1-9(10-3-2-6-16-10)12-11(14)13-4-7-15-8-5-13/h9-10H,2-8H2,1H3,(H,12,14). The van der Waals surface area contributed by atoms with Gasteiger partial charge in [-0.15, -0.1) is 0 Å². The van der Waals surface area contributed by atoms with Gasteiger partial charge in [0, 0.05) is 19.7 Å². The van der Waals surface area contributed by atoms with E-state index in [-0.39, 0.29) is 18.2 Å². The Morgan fingerprint density at radius 2 is 2.12 bits per heavy atom. The Labute approximate surface area is 96.1 Å². The Morgan fingerprint density at radius 1 is 1.38 bits per heavy atom. The summed E-state index contributed by atoms with van der Waals surface area (Å²) in [7, 11) is 0. The van der Waals surface area contributed by atoms with Crippen LogP contribution in [0.4, 0.5) is 4.79 Å². The Morgan fingerprint density at radius 3 is 2.75 bits per heavy atom. The third-order valence-electron chi connectivity index (χ3n) is 3.17. The molecule has 0 radical (unpaired) electrons. The number of hydrogen-bond donors (Lipinski definition) is 1. The van der Waals surface area contributed by atoms with Crippen LogP contribution in [-0.2, 0) is 9.47 Å². The minimum Gasteiger partial charge on any atom is -0.378 e. The number of urea groups is 1. The molecule has 0 aromatic rings. The summed E-state index contributed by atoms with van der Waals surface area (Å²) in [5, 5.41) is 3.00. The molecule has 2 atom stereocenters. The summed E-state index contributed by atoms with van der Waals surface area (Å²) in [4.78, 5) is 13.7. The van der Waals surface area contributed by atoms with E-state index in [1.807, 2.05) is 6.92 Å². The lowest BCUT2D eigenvalue weighted by Crippen LogP contribution is -2.51. The first-order valence-corrected chi connectivity index (χ1v) is 6.02. The number of morpholine rings is 1. The van der Waals surface area contributed by atoms with Crippen LogP contribution in [0, 0.1) is 0 Å². The molecule has 5 heteroatoms. The lowest BCUT2D eigenvalue weighted by Gasteiger charge is -2.29. The van der Waals surface area contributed by atoms with Crippen LogP contribution >= 0.6 is 0 Å². The zero-order valence-electron chi connectivity index (χ0n) is 9.78. The molecule has 2 amide bonds. The van der Waals surface area contributed by atoms with Crippen LogP contribution in [0.3, 0.4) is 0 Å². The fourth-order valence-electron chi connectivity index (χ4n) is 2.14. The fourth-order valence-corrected chi connectivity index (χ4v) is 2.14. The summed E-state index contributed by atoms with van der Waals surface area (Å²) in [5.74, 6) is 0. The number of amides is 2. The molecule has 2 fully saturated rings. The molecule has 16 heavy (non-hydrogen) atoms. The summed E-state index contributed by atoms with van der Waals surface area (Å²) in [6, 6.07) is 0.101. The number of nitrogens with one attached hydrogen (secondary N) is 1. The van der Waals surface area contributed by atoms with Crippen LogP contribution in [0.25, 0.3) is 0 Å². The number of hydrogen-bond acceptors (Lipinski definition) is 3. The number of carbonyl (C=O) groups is 1. The van der Waals surface area contributed by atoms with Crippen molar-refractivity contribution in [2.75, 3.05) is 32.9 Å². The first-order chi connectivity index (χ1) is 7.77. The molecule has 2 saturated heterocycles. The van der Waals surface area contributed by atoms with Gasteiger partial charge in [0.15, 0.2) is 0 Å². The monoisotopic (exact) mass is 228 g/mol. The summed E-state index contributed by atoms with van der Waals surface area (Å²) in [6.07, 6.45) is 2.33. The summed E-state index contributed by atoms with van der Waals surface area (Å²) < 4.78 is 10.8. The van der Waals surface area contributed by atoms with E-state index in [2.05, 4.69) is 5.32 Å². The quantitative estimate of drug-likeness (QED) is 0.753. The van der Waals surface area contributed by atoms with Gasteiger partial charge in [-0.05, 0) is 19.8 Å². The molecule has 2 heterocycles.